The fourth-order valence-corrected chi connectivity index (χ4v) is 2.71. The summed E-state index contributed by atoms with van der Waals surface area (Å²) in [7, 11) is 1.89. The second kappa shape index (κ2) is 4.68. The van der Waals surface area contributed by atoms with Gasteiger partial charge in [-0.3, -0.25) is 9.48 Å². The van der Waals surface area contributed by atoms with Crippen LogP contribution in [0.1, 0.15) is 43.7 Å². The van der Waals surface area contributed by atoms with Gasteiger partial charge in [-0.25, -0.2) is 0 Å². The van der Waals surface area contributed by atoms with Crippen molar-refractivity contribution in [2.24, 2.45) is 13.0 Å². The zero-order chi connectivity index (χ0) is 11.5. The van der Waals surface area contributed by atoms with Gasteiger partial charge in [0.2, 0.25) is 0 Å². The number of carboxylic acids is 1. The maximum Gasteiger partial charge on any atom is 0.307 e. The first-order chi connectivity index (χ1) is 7.70. The van der Waals surface area contributed by atoms with Gasteiger partial charge in [0.05, 0.1) is 5.92 Å². The van der Waals surface area contributed by atoms with Gasteiger partial charge < -0.3 is 5.11 Å². The Bertz CT molecular complexity index is 373. The molecule has 1 fully saturated rings. The van der Waals surface area contributed by atoms with Crippen LogP contribution in [-0.2, 0) is 11.8 Å². The first-order valence-electron chi connectivity index (χ1n) is 5.91. The quantitative estimate of drug-likeness (QED) is 0.780. The molecular formula is C12H18N2O2. The van der Waals surface area contributed by atoms with Crippen LogP contribution in [0, 0.1) is 5.92 Å². The van der Waals surface area contributed by atoms with E-state index in [0.717, 1.165) is 37.8 Å². The highest BCUT2D eigenvalue weighted by Gasteiger charge is 2.32. The van der Waals surface area contributed by atoms with E-state index in [0.29, 0.717) is 0 Å². The van der Waals surface area contributed by atoms with Gasteiger partial charge in [0, 0.05) is 24.9 Å². The second-order valence-electron chi connectivity index (χ2n) is 4.57. The molecular weight excluding hydrogens is 204 g/mol. The number of aryl methyl sites for hydroxylation is 1. The minimum atomic E-state index is -0.659. The summed E-state index contributed by atoms with van der Waals surface area (Å²) in [5.74, 6) is -0.765. The molecule has 1 aliphatic carbocycles. The van der Waals surface area contributed by atoms with Crippen LogP contribution >= 0.6 is 0 Å². The van der Waals surface area contributed by atoms with Crippen molar-refractivity contribution in [3.8, 4) is 0 Å². The molecule has 0 aromatic carbocycles. The summed E-state index contributed by atoms with van der Waals surface area (Å²) >= 11 is 0. The molecule has 0 bridgehead atoms. The predicted molar refractivity (Wildman–Crippen MR) is 60.2 cm³/mol. The minimum Gasteiger partial charge on any atom is -0.481 e. The number of carbonyl (C=O) groups is 1. The normalized spacial score (nSPS) is 26.3. The lowest BCUT2D eigenvalue weighted by molar-refractivity contribution is -0.142. The summed E-state index contributed by atoms with van der Waals surface area (Å²) in [6.45, 7) is 0. The number of aromatic nitrogens is 2. The molecule has 4 nitrogen and oxygen atoms in total. The fourth-order valence-electron chi connectivity index (χ4n) is 2.71. The van der Waals surface area contributed by atoms with Crippen LogP contribution in [0.25, 0.3) is 0 Å². The third-order valence-corrected chi connectivity index (χ3v) is 3.57. The van der Waals surface area contributed by atoms with Crippen molar-refractivity contribution in [2.45, 2.75) is 38.0 Å². The SMILES string of the molecule is Cn1nccc1C1CCCCCC1C(=O)O. The van der Waals surface area contributed by atoms with E-state index in [9.17, 15) is 9.90 Å². The molecule has 4 heteroatoms. The molecule has 1 saturated carbocycles. The van der Waals surface area contributed by atoms with Crippen LogP contribution < -0.4 is 0 Å². The second-order valence-corrected chi connectivity index (χ2v) is 4.57. The molecule has 2 rings (SSSR count). The van der Waals surface area contributed by atoms with Crippen molar-refractivity contribution in [3.05, 3.63) is 18.0 Å². The maximum atomic E-state index is 11.3. The van der Waals surface area contributed by atoms with Gasteiger partial charge in [0.15, 0.2) is 0 Å². The maximum absolute atomic E-state index is 11.3. The van der Waals surface area contributed by atoms with Crippen LogP contribution in [0.4, 0.5) is 0 Å². The molecule has 1 heterocycles. The van der Waals surface area contributed by atoms with Gasteiger partial charge in [-0.15, -0.1) is 0 Å². The van der Waals surface area contributed by atoms with E-state index in [2.05, 4.69) is 5.10 Å². The molecule has 88 valence electrons. The standard InChI is InChI=1S/C12H18N2O2/c1-14-11(7-8-13-14)9-5-3-2-4-6-10(9)12(15)16/h7-10H,2-6H2,1H3,(H,15,16). The Morgan fingerprint density at radius 3 is 2.81 bits per heavy atom. The molecule has 1 aliphatic rings. The van der Waals surface area contributed by atoms with Crippen LogP contribution in [-0.4, -0.2) is 20.9 Å². The van der Waals surface area contributed by atoms with E-state index in [1.54, 1.807) is 6.20 Å². The molecule has 0 amide bonds. The summed E-state index contributed by atoms with van der Waals surface area (Å²) in [5.41, 5.74) is 1.06. The lowest BCUT2D eigenvalue weighted by Crippen LogP contribution is -2.22. The Labute approximate surface area is 95.3 Å². The van der Waals surface area contributed by atoms with Crippen LogP contribution in [0.3, 0.4) is 0 Å². The van der Waals surface area contributed by atoms with Crippen molar-refractivity contribution >= 4 is 5.97 Å². The Kier molecular flexibility index (Phi) is 3.27. The Balaban J connectivity index is 2.27. The van der Waals surface area contributed by atoms with Crippen LogP contribution in [0.15, 0.2) is 12.3 Å². The molecule has 0 spiro atoms. The zero-order valence-electron chi connectivity index (χ0n) is 9.59. The van der Waals surface area contributed by atoms with Gasteiger partial charge >= 0.3 is 5.97 Å². The molecule has 16 heavy (non-hydrogen) atoms. The average molecular weight is 222 g/mol. The molecule has 1 aromatic rings. The van der Waals surface area contributed by atoms with E-state index < -0.39 is 5.97 Å². The van der Waals surface area contributed by atoms with E-state index in [4.69, 9.17) is 0 Å². The molecule has 0 radical (unpaired) electrons. The van der Waals surface area contributed by atoms with Gasteiger partial charge in [0.1, 0.15) is 0 Å². The lowest BCUT2D eigenvalue weighted by Gasteiger charge is -2.21. The lowest BCUT2D eigenvalue weighted by atomic mass is 9.85. The zero-order valence-corrected chi connectivity index (χ0v) is 9.59. The summed E-state index contributed by atoms with van der Waals surface area (Å²) in [4.78, 5) is 11.3. The molecule has 0 saturated heterocycles. The smallest absolute Gasteiger partial charge is 0.307 e. The number of hydrogen-bond acceptors (Lipinski definition) is 2. The minimum absolute atomic E-state index is 0.132. The predicted octanol–water partition coefficient (Wildman–Crippen LogP) is 2.17. The fraction of sp³-hybridized carbons (Fsp3) is 0.667. The Morgan fingerprint density at radius 1 is 1.44 bits per heavy atom. The first kappa shape index (κ1) is 11.2. The van der Waals surface area contributed by atoms with E-state index in [-0.39, 0.29) is 11.8 Å². The van der Waals surface area contributed by atoms with Crippen molar-refractivity contribution in [2.75, 3.05) is 0 Å². The third-order valence-electron chi connectivity index (χ3n) is 3.57. The summed E-state index contributed by atoms with van der Waals surface area (Å²) in [6.07, 6.45) is 6.82. The number of aliphatic carboxylic acids is 1. The van der Waals surface area contributed by atoms with E-state index in [1.807, 2.05) is 17.8 Å². The summed E-state index contributed by atoms with van der Waals surface area (Å²) in [6, 6.07) is 1.95. The molecule has 2 atom stereocenters. The Morgan fingerprint density at radius 2 is 2.19 bits per heavy atom. The van der Waals surface area contributed by atoms with Crippen molar-refractivity contribution in [1.82, 2.24) is 9.78 Å². The number of nitrogens with zero attached hydrogens (tertiary/aromatic N) is 2. The third kappa shape index (κ3) is 2.10. The van der Waals surface area contributed by atoms with E-state index in [1.165, 1.54) is 0 Å². The first-order valence-corrected chi connectivity index (χ1v) is 5.91. The van der Waals surface area contributed by atoms with Crippen molar-refractivity contribution < 1.29 is 9.90 Å². The van der Waals surface area contributed by atoms with Gasteiger partial charge in [-0.2, -0.15) is 5.10 Å². The Hall–Kier alpha value is -1.32. The summed E-state index contributed by atoms with van der Waals surface area (Å²) in [5, 5.41) is 13.4. The largest absolute Gasteiger partial charge is 0.481 e. The topological polar surface area (TPSA) is 55.1 Å². The summed E-state index contributed by atoms with van der Waals surface area (Å²) < 4.78 is 1.81. The molecule has 1 N–H and O–H groups in total. The van der Waals surface area contributed by atoms with Crippen LogP contribution in [0.5, 0.6) is 0 Å². The highest BCUT2D eigenvalue weighted by molar-refractivity contribution is 5.71. The number of carboxylic acid groups (broad SMARTS) is 1. The van der Waals surface area contributed by atoms with Crippen molar-refractivity contribution in [1.29, 1.82) is 0 Å². The van der Waals surface area contributed by atoms with Crippen molar-refractivity contribution in [3.63, 3.8) is 0 Å². The van der Waals surface area contributed by atoms with Gasteiger partial charge in [-0.05, 0) is 18.9 Å². The molecule has 1 aromatic heterocycles. The number of hydrogen-bond donors (Lipinski definition) is 1. The highest BCUT2D eigenvalue weighted by atomic mass is 16.4. The average Bonchev–Trinajstić information content (AvgIpc) is 2.54. The molecule has 0 aliphatic heterocycles. The van der Waals surface area contributed by atoms with Gasteiger partial charge in [0.25, 0.3) is 0 Å². The van der Waals surface area contributed by atoms with E-state index >= 15 is 0 Å². The van der Waals surface area contributed by atoms with Crippen LogP contribution in [0.2, 0.25) is 0 Å². The molecule has 2 unspecified atom stereocenters. The highest BCUT2D eigenvalue weighted by Crippen LogP contribution is 2.36. The monoisotopic (exact) mass is 222 g/mol. The number of rotatable bonds is 2. The van der Waals surface area contributed by atoms with Gasteiger partial charge in [-0.1, -0.05) is 19.3 Å².